The lowest BCUT2D eigenvalue weighted by Crippen LogP contribution is -2.00. The van der Waals surface area contributed by atoms with E-state index in [1.807, 2.05) is 48.5 Å². The Morgan fingerprint density at radius 2 is 1.79 bits per heavy atom. The molecule has 0 aliphatic rings. The van der Waals surface area contributed by atoms with Crippen LogP contribution >= 0.6 is 15.9 Å². The van der Waals surface area contributed by atoms with Crippen molar-refractivity contribution < 1.29 is 14.3 Å². The third-order valence-corrected chi connectivity index (χ3v) is 5.00. The molecule has 150 valence electrons. The highest BCUT2D eigenvalue weighted by atomic mass is 79.9. The number of unbranched alkanes of at least 4 members (excludes halogenated alkanes) is 3. The van der Waals surface area contributed by atoms with Crippen molar-refractivity contribution >= 4 is 21.7 Å². The lowest BCUT2D eigenvalue weighted by Gasteiger charge is -2.12. The summed E-state index contributed by atoms with van der Waals surface area (Å²) < 4.78 is 12.4. The zero-order valence-corrected chi connectivity index (χ0v) is 18.3. The van der Waals surface area contributed by atoms with Crippen molar-refractivity contribution in [2.45, 2.75) is 52.1 Å². The second-order valence-electron chi connectivity index (χ2n) is 6.76. The van der Waals surface area contributed by atoms with E-state index in [2.05, 4.69) is 22.9 Å². The monoisotopic (exact) mass is 444 g/mol. The van der Waals surface area contributed by atoms with E-state index >= 15 is 0 Å². The number of allylic oxidation sites excluding steroid dienone is 2. The lowest BCUT2D eigenvalue weighted by atomic mass is 10.1. The minimum absolute atomic E-state index is 0.172. The first-order valence-corrected chi connectivity index (χ1v) is 10.6. The highest BCUT2D eigenvalue weighted by Gasteiger charge is 2.07. The van der Waals surface area contributed by atoms with Crippen molar-refractivity contribution in [1.82, 2.24) is 0 Å². The summed E-state index contributed by atoms with van der Waals surface area (Å²) in [5.74, 6) is 1.57. The molecule has 0 saturated carbocycles. The molecular formula is C24H29BrO3. The zero-order valence-electron chi connectivity index (χ0n) is 16.7. The fourth-order valence-corrected chi connectivity index (χ4v) is 3.07. The molecule has 2 aromatic rings. The summed E-state index contributed by atoms with van der Waals surface area (Å²) in [6.45, 7) is 2.66. The van der Waals surface area contributed by atoms with Crippen LogP contribution < -0.4 is 9.47 Å². The van der Waals surface area contributed by atoms with Crippen LogP contribution in [-0.2, 0) is 17.8 Å². The Hall–Kier alpha value is -2.07. The van der Waals surface area contributed by atoms with Crippen LogP contribution in [0.25, 0.3) is 0 Å². The van der Waals surface area contributed by atoms with Gasteiger partial charge in [0.2, 0.25) is 0 Å². The third-order valence-electron chi connectivity index (χ3n) is 4.47. The quantitative estimate of drug-likeness (QED) is 0.270. The van der Waals surface area contributed by atoms with Crippen molar-refractivity contribution in [3.05, 3.63) is 70.2 Å². The van der Waals surface area contributed by atoms with E-state index in [0.29, 0.717) is 30.9 Å². The summed E-state index contributed by atoms with van der Waals surface area (Å²) in [7, 11) is 1.63. The summed E-state index contributed by atoms with van der Waals surface area (Å²) in [5, 5.41) is 0. The SMILES string of the molecule is CCCCC/C=C/C(=O)CCc1ccc(OCc2ccc(Br)cc2)c(OC)c1. The average Bonchev–Trinajstić information content (AvgIpc) is 2.72. The van der Waals surface area contributed by atoms with Crippen molar-refractivity contribution in [1.29, 1.82) is 0 Å². The van der Waals surface area contributed by atoms with Gasteiger partial charge in [-0.1, -0.05) is 60.0 Å². The fourth-order valence-electron chi connectivity index (χ4n) is 2.81. The van der Waals surface area contributed by atoms with E-state index in [4.69, 9.17) is 9.47 Å². The number of hydrogen-bond acceptors (Lipinski definition) is 3. The minimum Gasteiger partial charge on any atom is -0.493 e. The van der Waals surface area contributed by atoms with Gasteiger partial charge < -0.3 is 9.47 Å². The van der Waals surface area contributed by atoms with E-state index in [9.17, 15) is 4.79 Å². The maximum atomic E-state index is 12.0. The van der Waals surface area contributed by atoms with Gasteiger partial charge in [-0.3, -0.25) is 4.79 Å². The van der Waals surface area contributed by atoms with E-state index < -0.39 is 0 Å². The first-order valence-electron chi connectivity index (χ1n) is 9.86. The topological polar surface area (TPSA) is 35.5 Å². The Labute approximate surface area is 176 Å². The van der Waals surface area contributed by atoms with E-state index in [0.717, 1.165) is 28.4 Å². The minimum atomic E-state index is 0.172. The molecule has 0 aliphatic carbocycles. The Bertz CT molecular complexity index is 766. The van der Waals surface area contributed by atoms with Gasteiger partial charge in [0.05, 0.1) is 7.11 Å². The second-order valence-corrected chi connectivity index (χ2v) is 7.68. The summed E-state index contributed by atoms with van der Waals surface area (Å²) in [6.07, 6.45) is 9.48. The number of hydrogen-bond donors (Lipinski definition) is 0. The molecule has 4 heteroatoms. The Morgan fingerprint density at radius 1 is 1.04 bits per heavy atom. The van der Waals surface area contributed by atoms with Crippen LogP contribution in [0.5, 0.6) is 11.5 Å². The molecule has 2 aromatic carbocycles. The number of halogens is 1. The highest BCUT2D eigenvalue weighted by molar-refractivity contribution is 9.10. The van der Waals surface area contributed by atoms with Crippen LogP contribution in [0, 0.1) is 0 Å². The van der Waals surface area contributed by atoms with Crippen LogP contribution in [0.2, 0.25) is 0 Å². The average molecular weight is 445 g/mol. The zero-order chi connectivity index (χ0) is 20.2. The van der Waals surface area contributed by atoms with E-state index in [-0.39, 0.29) is 5.78 Å². The number of carbonyl (C=O) groups is 1. The summed E-state index contributed by atoms with van der Waals surface area (Å²) >= 11 is 3.43. The van der Waals surface area contributed by atoms with Gasteiger partial charge in [0.15, 0.2) is 17.3 Å². The molecule has 0 bridgehead atoms. The second kappa shape index (κ2) is 12.4. The first-order chi connectivity index (χ1) is 13.6. The normalized spacial score (nSPS) is 11.0. The number of benzene rings is 2. The van der Waals surface area contributed by atoms with Crippen molar-refractivity contribution in [3.63, 3.8) is 0 Å². The molecule has 0 aromatic heterocycles. The molecule has 0 spiro atoms. The van der Waals surface area contributed by atoms with Crippen LogP contribution in [-0.4, -0.2) is 12.9 Å². The molecule has 0 radical (unpaired) electrons. The Kier molecular flexibility index (Phi) is 9.84. The molecule has 28 heavy (non-hydrogen) atoms. The van der Waals surface area contributed by atoms with Crippen LogP contribution in [0.3, 0.4) is 0 Å². The molecule has 0 atom stereocenters. The standard InChI is InChI=1S/C24H29BrO3/c1-3-4-5-6-7-8-22(26)15-11-19-12-16-23(24(17-19)27-2)28-18-20-9-13-21(25)14-10-20/h7-10,12-14,16-17H,3-6,11,15,18H2,1-2H3/b8-7+. The fraction of sp³-hybridized carbons (Fsp3) is 0.375. The number of ether oxygens (including phenoxy) is 2. The number of carbonyl (C=O) groups excluding carboxylic acids is 1. The van der Waals surface area contributed by atoms with Gasteiger partial charge >= 0.3 is 0 Å². The predicted molar refractivity (Wildman–Crippen MR) is 118 cm³/mol. The molecule has 2 rings (SSSR count). The molecule has 0 amide bonds. The Morgan fingerprint density at radius 3 is 2.50 bits per heavy atom. The summed E-state index contributed by atoms with van der Waals surface area (Å²) in [4.78, 5) is 12.0. The molecule has 0 N–H and O–H groups in total. The van der Waals surface area contributed by atoms with Crippen LogP contribution in [0.1, 0.15) is 50.2 Å². The molecular weight excluding hydrogens is 416 g/mol. The van der Waals surface area contributed by atoms with Crippen LogP contribution in [0.4, 0.5) is 0 Å². The van der Waals surface area contributed by atoms with Gasteiger partial charge in [0.25, 0.3) is 0 Å². The van der Waals surface area contributed by atoms with E-state index in [1.165, 1.54) is 12.8 Å². The molecule has 0 unspecified atom stereocenters. The van der Waals surface area contributed by atoms with Gasteiger partial charge in [-0.25, -0.2) is 0 Å². The van der Waals surface area contributed by atoms with Crippen LogP contribution in [0.15, 0.2) is 59.1 Å². The number of rotatable bonds is 12. The number of aryl methyl sites for hydroxylation is 1. The first kappa shape index (κ1) is 22.2. The van der Waals surface area contributed by atoms with E-state index in [1.54, 1.807) is 13.2 Å². The smallest absolute Gasteiger partial charge is 0.161 e. The predicted octanol–water partition coefficient (Wildman–Crippen LogP) is 6.67. The summed E-state index contributed by atoms with van der Waals surface area (Å²) in [6, 6.07) is 13.9. The van der Waals surface area contributed by atoms with Gasteiger partial charge in [0.1, 0.15) is 6.61 Å². The maximum absolute atomic E-state index is 12.0. The summed E-state index contributed by atoms with van der Waals surface area (Å²) in [5.41, 5.74) is 2.16. The number of methoxy groups -OCH3 is 1. The molecule has 0 saturated heterocycles. The van der Waals surface area contributed by atoms with Gasteiger partial charge in [-0.05, 0) is 60.7 Å². The number of ketones is 1. The molecule has 3 nitrogen and oxygen atoms in total. The molecule has 0 heterocycles. The largest absolute Gasteiger partial charge is 0.493 e. The van der Waals surface area contributed by atoms with Gasteiger partial charge in [-0.15, -0.1) is 0 Å². The molecule has 0 fully saturated rings. The highest BCUT2D eigenvalue weighted by Crippen LogP contribution is 2.29. The van der Waals surface area contributed by atoms with Crippen molar-refractivity contribution in [2.75, 3.05) is 7.11 Å². The Balaban J connectivity index is 1.86. The maximum Gasteiger partial charge on any atom is 0.161 e. The van der Waals surface area contributed by atoms with Gasteiger partial charge in [-0.2, -0.15) is 0 Å². The molecule has 0 aliphatic heterocycles. The van der Waals surface area contributed by atoms with Crippen molar-refractivity contribution in [2.24, 2.45) is 0 Å². The van der Waals surface area contributed by atoms with Gasteiger partial charge in [0, 0.05) is 10.9 Å². The lowest BCUT2D eigenvalue weighted by molar-refractivity contribution is -0.114. The third kappa shape index (κ3) is 7.89. The van der Waals surface area contributed by atoms with Crippen molar-refractivity contribution in [3.8, 4) is 11.5 Å².